The van der Waals surface area contributed by atoms with Gasteiger partial charge in [-0.05, 0) is 42.8 Å². The topological polar surface area (TPSA) is 58.6 Å². The molecule has 0 atom stereocenters. The first-order valence-corrected chi connectivity index (χ1v) is 9.73. The van der Waals surface area contributed by atoms with E-state index in [9.17, 15) is 9.59 Å². The maximum atomic E-state index is 13.4. The van der Waals surface area contributed by atoms with Gasteiger partial charge in [0, 0.05) is 5.69 Å². The molecule has 5 nitrogen and oxygen atoms in total. The molecule has 150 valence electrons. The standard InChI is InChI=1S/C24H19ClN2O3/c1-15-8-10-16(11-9-15)21-22(26-17-6-4-3-5-7-17)24(29)27(23(21)28)18-12-13-20(30-2)19(25)14-18/h3-14,26H,1-2H3. The smallest absolute Gasteiger partial charge is 0.282 e. The maximum absolute atomic E-state index is 13.4. The normalized spacial score (nSPS) is 13.8. The Labute approximate surface area is 179 Å². The van der Waals surface area contributed by atoms with Gasteiger partial charge < -0.3 is 10.1 Å². The van der Waals surface area contributed by atoms with Gasteiger partial charge in [-0.25, -0.2) is 4.90 Å². The zero-order valence-corrected chi connectivity index (χ0v) is 17.2. The summed E-state index contributed by atoms with van der Waals surface area (Å²) in [5.41, 5.74) is 3.36. The SMILES string of the molecule is COc1ccc(N2C(=O)C(Nc3ccccc3)=C(c3ccc(C)cc3)C2=O)cc1Cl. The van der Waals surface area contributed by atoms with E-state index in [0.29, 0.717) is 33.3 Å². The van der Waals surface area contributed by atoms with Gasteiger partial charge >= 0.3 is 0 Å². The number of carbonyl (C=O) groups is 2. The van der Waals surface area contributed by atoms with Gasteiger partial charge in [0.15, 0.2) is 0 Å². The fourth-order valence-electron chi connectivity index (χ4n) is 3.33. The Morgan fingerprint density at radius 2 is 1.60 bits per heavy atom. The Morgan fingerprint density at radius 3 is 2.23 bits per heavy atom. The van der Waals surface area contributed by atoms with Gasteiger partial charge in [0.2, 0.25) is 0 Å². The van der Waals surface area contributed by atoms with Crippen LogP contribution in [0.3, 0.4) is 0 Å². The number of hydrogen-bond donors (Lipinski definition) is 1. The molecule has 1 aliphatic heterocycles. The van der Waals surface area contributed by atoms with Crippen LogP contribution in [0.15, 0.2) is 78.5 Å². The third-order valence-electron chi connectivity index (χ3n) is 4.86. The molecule has 0 spiro atoms. The molecule has 1 heterocycles. The number of hydrogen-bond acceptors (Lipinski definition) is 4. The zero-order chi connectivity index (χ0) is 21.3. The van der Waals surface area contributed by atoms with Crippen LogP contribution in [0.5, 0.6) is 5.75 Å². The van der Waals surface area contributed by atoms with Crippen molar-refractivity contribution in [3.8, 4) is 5.75 Å². The number of rotatable bonds is 5. The summed E-state index contributed by atoms with van der Waals surface area (Å²) in [7, 11) is 1.51. The van der Waals surface area contributed by atoms with Gasteiger partial charge in [0.1, 0.15) is 11.4 Å². The largest absolute Gasteiger partial charge is 0.495 e. The van der Waals surface area contributed by atoms with E-state index in [1.807, 2.05) is 61.5 Å². The van der Waals surface area contributed by atoms with Gasteiger partial charge in [-0.15, -0.1) is 0 Å². The van der Waals surface area contributed by atoms with Crippen LogP contribution in [-0.2, 0) is 9.59 Å². The lowest BCUT2D eigenvalue weighted by Gasteiger charge is -2.16. The van der Waals surface area contributed by atoms with Crippen LogP contribution in [-0.4, -0.2) is 18.9 Å². The van der Waals surface area contributed by atoms with E-state index in [1.165, 1.54) is 7.11 Å². The fraction of sp³-hybridized carbons (Fsp3) is 0.0833. The second kappa shape index (κ2) is 8.05. The molecular weight excluding hydrogens is 400 g/mol. The Morgan fingerprint density at radius 1 is 0.900 bits per heavy atom. The lowest BCUT2D eigenvalue weighted by molar-refractivity contribution is -0.120. The highest BCUT2D eigenvalue weighted by atomic mass is 35.5. The van der Waals surface area contributed by atoms with E-state index in [0.717, 1.165) is 10.5 Å². The van der Waals surface area contributed by atoms with Gasteiger partial charge in [-0.1, -0.05) is 59.6 Å². The Balaban J connectivity index is 1.81. The lowest BCUT2D eigenvalue weighted by atomic mass is 10.0. The molecule has 3 aromatic carbocycles. The summed E-state index contributed by atoms with van der Waals surface area (Å²) in [6, 6.07) is 21.6. The summed E-state index contributed by atoms with van der Waals surface area (Å²) in [4.78, 5) is 27.9. The van der Waals surface area contributed by atoms with Crippen molar-refractivity contribution in [3.05, 3.63) is 94.6 Å². The predicted molar refractivity (Wildman–Crippen MR) is 119 cm³/mol. The molecule has 0 saturated carbocycles. The summed E-state index contributed by atoms with van der Waals surface area (Å²) in [5.74, 6) is -0.391. The zero-order valence-electron chi connectivity index (χ0n) is 16.5. The van der Waals surface area contributed by atoms with Gasteiger partial charge in [-0.2, -0.15) is 0 Å². The summed E-state index contributed by atoms with van der Waals surface area (Å²) < 4.78 is 5.17. The van der Waals surface area contributed by atoms with Crippen molar-refractivity contribution in [3.63, 3.8) is 0 Å². The van der Waals surface area contributed by atoms with Crippen LogP contribution < -0.4 is 15.0 Å². The summed E-state index contributed by atoms with van der Waals surface area (Å²) in [5, 5.41) is 3.45. The van der Waals surface area contributed by atoms with E-state index in [2.05, 4.69) is 5.32 Å². The van der Waals surface area contributed by atoms with E-state index < -0.39 is 11.8 Å². The number of methoxy groups -OCH3 is 1. The highest BCUT2D eigenvalue weighted by Gasteiger charge is 2.40. The van der Waals surface area contributed by atoms with Crippen molar-refractivity contribution in [1.82, 2.24) is 0 Å². The van der Waals surface area contributed by atoms with Crippen LogP contribution in [0.25, 0.3) is 5.57 Å². The minimum atomic E-state index is -0.444. The molecule has 0 fully saturated rings. The molecule has 0 aliphatic carbocycles. The number of halogens is 1. The van der Waals surface area contributed by atoms with Crippen molar-refractivity contribution in [2.24, 2.45) is 0 Å². The number of para-hydroxylation sites is 1. The number of benzene rings is 3. The van der Waals surface area contributed by atoms with Crippen LogP contribution in [0.1, 0.15) is 11.1 Å². The first-order valence-electron chi connectivity index (χ1n) is 9.35. The van der Waals surface area contributed by atoms with E-state index in [4.69, 9.17) is 16.3 Å². The molecular formula is C24H19ClN2O3. The average Bonchev–Trinajstić information content (AvgIpc) is 2.99. The second-order valence-corrected chi connectivity index (χ2v) is 7.28. The number of anilines is 2. The number of ether oxygens (including phenoxy) is 1. The van der Waals surface area contributed by atoms with Crippen LogP contribution in [0, 0.1) is 6.92 Å². The van der Waals surface area contributed by atoms with Crippen LogP contribution >= 0.6 is 11.6 Å². The molecule has 0 unspecified atom stereocenters. The molecule has 30 heavy (non-hydrogen) atoms. The molecule has 0 bridgehead atoms. The van der Waals surface area contributed by atoms with E-state index in [1.54, 1.807) is 18.2 Å². The Bertz CT molecular complexity index is 1150. The lowest BCUT2D eigenvalue weighted by Crippen LogP contribution is -2.32. The quantitative estimate of drug-likeness (QED) is 0.589. The molecule has 2 amide bonds. The third kappa shape index (κ3) is 3.55. The fourth-order valence-corrected chi connectivity index (χ4v) is 3.58. The van der Waals surface area contributed by atoms with E-state index in [-0.39, 0.29) is 5.70 Å². The minimum absolute atomic E-state index is 0.224. The molecule has 0 saturated heterocycles. The van der Waals surface area contributed by atoms with Crippen molar-refractivity contribution < 1.29 is 14.3 Å². The first-order chi connectivity index (χ1) is 14.5. The second-order valence-electron chi connectivity index (χ2n) is 6.87. The molecule has 1 aliphatic rings. The molecule has 6 heteroatoms. The molecule has 4 rings (SSSR count). The molecule has 1 N–H and O–H groups in total. The number of aryl methyl sites for hydroxylation is 1. The minimum Gasteiger partial charge on any atom is -0.495 e. The van der Waals surface area contributed by atoms with Crippen molar-refractivity contribution in [2.45, 2.75) is 6.92 Å². The van der Waals surface area contributed by atoms with E-state index >= 15 is 0 Å². The first kappa shape index (κ1) is 19.7. The van der Waals surface area contributed by atoms with Crippen molar-refractivity contribution in [2.75, 3.05) is 17.3 Å². The number of carbonyl (C=O) groups excluding carboxylic acids is 2. The maximum Gasteiger partial charge on any atom is 0.282 e. The van der Waals surface area contributed by atoms with Crippen LogP contribution in [0.4, 0.5) is 11.4 Å². The Kier molecular flexibility index (Phi) is 5.29. The highest BCUT2D eigenvalue weighted by molar-refractivity contribution is 6.46. The number of nitrogens with zero attached hydrogens (tertiary/aromatic N) is 1. The van der Waals surface area contributed by atoms with Gasteiger partial charge in [0.25, 0.3) is 11.8 Å². The highest BCUT2D eigenvalue weighted by Crippen LogP contribution is 2.36. The van der Waals surface area contributed by atoms with Crippen molar-refractivity contribution in [1.29, 1.82) is 0 Å². The van der Waals surface area contributed by atoms with Gasteiger partial charge in [-0.3, -0.25) is 9.59 Å². The molecule has 3 aromatic rings. The summed E-state index contributed by atoms with van der Waals surface area (Å²) in [6.45, 7) is 1.97. The number of amides is 2. The monoisotopic (exact) mass is 418 g/mol. The third-order valence-corrected chi connectivity index (χ3v) is 5.16. The Hall–Kier alpha value is -3.57. The van der Waals surface area contributed by atoms with Crippen molar-refractivity contribution >= 4 is 40.4 Å². The van der Waals surface area contributed by atoms with Crippen LogP contribution in [0.2, 0.25) is 5.02 Å². The predicted octanol–water partition coefficient (Wildman–Crippen LogP) is 5.05. The molecule has 0 aromatic heterocycles. The average molecular weight is 419 g/mol. The number of nitrogens with one attached hydrogen (secondary N) is 1. The molecule has 0 radical (unpaired) electrons. The summed E-state index contributed by atoms with van der Waals surface area (Å²) >= 11 is 6.24. The summed E-state index contributed by atoms with van der Waals surface area (Å²) in [6.07, 6.45) is 0. The number of imide groups is 1. The van der Waals surface area contributed by atoms with Gasteiger partial charge in [0.05, 0.1) is 23.4 Å².